The predicted octanol–water partition coefficient (Wildman–Crippen LogP) is 6.70. The number of aryl methyl sites for hydroxylation is 2. The van der Waals surface area contributed by atoms with E-state index < -0.39 is 5.56 Å². The summed E-state index contributed by atoms with van der Waals surface area (Å²) in [4.78, 5) is 13.4. The summed E-state index contributed by atoms with van der Waals surface area (Å²) in [5, 5.41) is 19.5. The molecule has 3 aromatic carbocycles. The van der Waals surface area contributed by atoms with Gasteiger partial charge in [0.15, 0.2) is 4.77 Å². The second-order valence-corrected chi connectivity index (χ2v) is 8.84. The largest absolute Gasteiger partial charge is 0.492 e. The highest BCUT2D eigenvalue weighted by Gasteiger charge is 2.19. The van der Waals surface area contributed by atoms with Gasteiger partial charge >= 0.3 is 0 Å². The third kappa shape index (κ3) is 4.28. The summed E-state index contributed by atoms with van der Waals surface area (Å²) in [6, 6.07) is 22.3. The Labute approximate surface area is 203 Å². The molecule has 0 radical (unpaired) electrons. The smallest absolute Gasteiger partial charge is 0.290 e. The maximum Gasteiger partial charge on any atom is 0.290 e. The Balaban J connectivity index is 2.01. The quantitative estimate of drug-likeness (QED) is 0.173. The van der Waals surface area contributed by atoms with E-state index in [1.807, 2.05) is 68.4 Å². The SMILES string of the molecule is Cc1ccc(-n2c(O)c(N=Nc3ccccc3C)c(=O)n(-c3ccc(I)cc3)c2=S)cc1. The molecule has 0 amide bonds. The topological polar surface area (TPSA) is 71.9 Å². The lowest BCUT2D eigenvalue weighted by molar-refractivity contribution is 0.432. The molecule has 1 aromatic heterocycles. The van der Waals surface area contributed by atoms with Crippen LogP contribution in [0.3, 0.4) is 0 Å². The van der Waals surface area contributed by atoms with Crippen LogP contribution < -0.4 is 5.56 Å². The van der Waals surface area contributed by atoms with E-state index in [9.17, 15) is 9.90 Å². The molecule has 0 aliphatic rings. The van der Waals surface area contributed by atoms with Crippen LogP contribution in [0, 0.1) is 22.2 Å². The lowest BCUT2D eigenvalue weighted by Gasteiger charge is -2.16. The number of hydrogen-bond acceptors (Lipinski definition) is 5. The number of rotatable bonds is 4. The van der Waals surface area contributed by atoms with Crippen LogP contribution in [-0.2, 0) is 0 Å². The summed E-state index contributed by atoms with van der Waals surface area (Å²) in [5.41, 5.74) is 3.02. The van der Waals surface area contributed by atoms with E-state index in [0.717, 1.165) is 14.7 Å². The molecule has 0 saturated heterocycles. The van der Waals surface area contributed by atoms with Gasteiger partial charge in [0.25, 0.3) is 5.56 Å². The molecule has 0 spiro atoms. The molecule has 1 heterocycles. The van der Waals surface area contributed by atoms with Crippen LogP contribution in [-0.4, -0.2) is 14.2 Å². The van der Waals surface area contributed by atoms with Crippen molar-refractivity contribution >= 4 is 46.2 Å². The zero-order chi connectivity index (χ0) is 22.8. The predicted molar refractivity (Wildman–Crippen MR) is 137 cm³/mol. The van der Waals surface area contributed by atoms with Gasteiger partial charge in [0.2, 0.25) is 11.6 Å². The number of aromatic hydroxyl groups is 1. The summed E-state index contributed by atoms with van der Waals surface area (Å²) in [6.07, 6.45) is 0. The lowest BCUT2D eigenvalue weighted by Crippen LogP contribution is -2.23. The third-order valence-electron chi connectivity index (χ3n) is 4.96. The van der Waals surface area contributed by atoms with Crippen molar-refractivity contribution in [3.05, 3.63) is 103 Å². The average molecular weight is 554 g/mol. The molecule has 0 aliphatic heterocycles. The first kappa shape index (κ1) is 22.1. The molecule has 8 heteroatoms. The molecule has 0 atom stereocenters. The highest BCUT2D eigenvalue weighted by atomic mass is 127. The van der Waals surface area contributed by atoms with Gasteiger partial charge in [-0.1, -0.05) is 35.9 Å². The first-order valence-corrected chi connectivity index (χ1v) is 11.3. The molecule has 0 bridgehead atoms. The fraction of sp³-hybridized carbons (Fsp3) is 0.0833. The van der Waals surface area contributed by atoms with E-state index >= 15 is 0 Å². The molecular formula is C24H19IN4O2S. The molecule has 6 nitrogen and oxygen atoms in total. The van der Waals surface area contributed by atoms with E-state index in [0.29, 0.717) is 17.1 Å². The normalized spacial score (nSPS) is 11.2. The standard InChI is InChI=1S/C24H19IN4O2S/c1-15-7-11-18(12-8-15)28-22(30)21(27-26-20-6-4-3-5-16(20)2)23(31)29(24(28)32)19-13-9-17(25)10-14-19/h3-14,30H,1-2H3. The number of benzene rings is 3. The Kier molecular flexibility index (Phi) is 6.33. The monoisotopic (exact) mass is 554 g/mol. The molecule has 0 saturated carbocycles. The molecule has 0 aliphatic carbocycles. The van der Waals surface area contributed by atoms with E-state index in [1.165, 1.54) is 9.13 Å². The minimum absolute atomic E-state index is 0.132. The molecule has 4 aromatic rings. The number of hydrogen-bond donors (Lipinski definition) is 1. The van der Waals surface area contributed by atoms with Crippen molar-refractivity contribution in [1.82, 2.24) is 9.13 Å². The highest BCUT2D eigenvalue weighted by molar-refractivity contribution is 14.1. The maximum atomic E-state index is 13.4. The van der Waals surface area contributed by atoms with Crippen LogP contribution in [0.15, 0.2) is 87.8 Å². The molecule has 1 N–H and O–H groups in total. The summed E-state index contributed by atoms with van der Waals surface area (Å²) in [6.45, 7) is 3.87. The molecular weight excluding hydrogens is 535 g/mol. The average Bonchev–Trinajstić information content (AvgIpc) is 2.77. The summed E-state index contributed by atoms with van der Waals surface area (Å²) in [5.74, 6) is -0.358. The van der Waals surface area contributed by atoms with Crippen LogP contribution >= 0.6 is 34.8 Å². The van der Waals surface area contributed by atoms with Crippen LogP contribution in [0.2, 0.25) is 0 Å². The van der Waals surface area contributed by atoms with Crippen molar-refractivity contribution in [3.8, 4) is 17.3 Å². The first-order chi connectivity index (χ1) is 15.4. The zero-order valence-electron chi connectivity index (χ0n) is 17.4. The van der Waals surface area contributed by atoms with Crippen molar-refractivity contribution in [2.24, 2.45) is 10.2 Å². The van der Waals surface area contributed by atoms with E-state index in [2.05, 4.69) is 32.8 Å². The summed E-state index contributed by atoms with van der Waals surface area (Å²) < 4.78 is 3.94. The first-order valence-electron chi connectivity index (χ1n) is 9.78. The molecule has 0 unspecified atom stereocenters. The van der Waals surface area contributed by atoms with E-state index in [1.54, 1.807) is 18.2 Å². The Morgan fingerprint density at radius 1 is 0.844 bits per heavy atom. The molecule has 0 fully saturated rings. The van der Waals surface area contributed by atoms with Gasteiger partial charge in [-0.05, 0) is 96.7 Å². The minimum Gasteiger partial charge on any atom is -0.492 e. The van der Waals surface area contributed by atoms with Gasteiger partial charge in [0.05, 0.1) is 17.1 Å². The Hall–Kier alpha value is -3.11. The number of halogens is 1. The van der Waals surface area contributed by atoms with Crippen molar-refractivity contribution < 1.29 is 5.11 Å². The van der Waals surface area contributed by atoms with Crippen molar-refractivity contribution in [2.45, 2.75) is 13.8 Å². The number of azo groups is 1. The number of aromatic nitrogens is 2. The van der Waals surface area contributed by atoms with Gasteiger partial charge in [0.1, 0.15) is 0 Å². The zero-order valence-corrected chi connectivity index (χ0v) is 20.3. The fourth-order valence-corrected chi connectivity index (χ4v) is 3.94. The van der Waals surface area contributed by atoms with Crippen molar-refractivity contribution in [1.29, 1.82) is 0 Å². The van der Waals surface area contributed by atoms with Crippen molar-refractivity contribution in [2.75, 3.05) is 0 Å². The van der Waals surface area contributed by atoms with Gasteiger partial charge in [-0.25, -0.2) is 0 Å². The third-order valence-corrected chi connectivity index (χ3v) is 6.05. The van der Waals surface area contributed by atoms with Gasteiger partial charge in [-0.15, -0.1) is 10.2 Å². The minimum atomic E-state index is -0.547. The van der Waals surface area contributed by atoms with Gasteiger partial charge in [-0.3, -0.25) is 13.9 Å². The van der Waals surface area contributed by atoms with E-state index in [-0.39, 0.29) is 16.3 Å². The second kappa shape index (κ2) is 9.17. The second-order valence-electron chi connectivity index (χ2n) is 7.23. The number of nitrogens with zero attached hydrogens (tertiary/aromatic N) is 4. The van der Waals surface area contributed by atoms with Crippen LogP contribution in [0.5, 0.6) is 5.88 Å². The van der Waals surface area contributed by atoms with Crippen molar-refractivity contribution in [3.63, 3.8) is 0 Å². The van der Waals surface area contributed by atoms with E-state index in [4.69, 9.17) is 12.2 Å². The fourth-order valence-electron chi connectivity index (χ4n) is 3.20. The lowest BCUT2D eigenvalue weighted by atomic mass is 10.2. The summed E-state index contributed by atoms with van der Waals surface area (Å²) >= 11 is 7.84. The van der Waals surface area contributed by atoms with Gasteiger partial charge in [-0.2, -0.15) is 0 Å². The van der Waals surface area contributed by atoms with Crippen LogP contribution in [0.4, 0.5) is 11.4 Å². The Morgan fingerprint density at radius 3 is 2.09 bits per heavy atom. The highest BCUT2D eigenvalue weighted by Crippen LogP contribution is 2.30. The van der Waals surface area contributed by atoms with Gasteiger partial charge < -0.3 is 5.11 Å². The Bertz CT molecular complexity index is 1440. The molecule has 32 heavy (non-hydrogen) atoms. The van der Waals surface area contributed by atoms with Gasteiger partial charge in [0, 0.05) is 3.57 Å². The molecule has 160 valence electrons. The molecule has 4 rings (SSSR count). The Morgan fingerprint density at radius 2 is 1.44 bits per heavy atom. The van der Waals surface area contributed by atoms with Crippen LogP contribution in [0.1, 0.15) is 11.1 Å². The maximum absolute atomic E-state index is 13.4. The van der Waals surface area contributed by atoms with Crippen LogP contribution in [0.25, 0.3) is 11.4 Å². The summed E-state index contributed by atoms with van der Waals surface area (Å²) in [7, 11) is 0.